The van der Waals surface area contributed by atoms with Crippen molar-refractivity contribution >= 4 is 33.2 Å². The number of carbonyl (C=O) groups excluding carboxylic acids is 1. The fraction of sp³-hybridized carbons (Fsp3) is 0.350. The fourth-order valence-electron chi connectivity index (χ4n) is 3.08. The van der Waals surface area contributed by atoms with Gasteiger partial charge in [0, 0.05) is 18.1 Å². The van der Waals surface area contributed by atoms with Crippen LogP contribution in [0.2, 0.25) is 5.02 Å². The Hall–Kier alpha value is -2.29. The van der Waals surface area contributed by atoms with Crippen LogP contribution in [0, 0.1) is 0 Å². The first-order valence-electron chi connectivity index (χ1n) is 9.26. The van der Waals surface area contributed by atoms with Crippen molar-refractivity contribution < 1.29 is 22.7 Å². The van der Waals surface area contributed by atoms with Gasteiger partial charge in [-0.05, 0) is 55.3 Å². The zero-order valence-corrected chi connectivity index (χ0v) is 17.6. The van der Waals surface area contributed by atoms with Gasteiger partial charge in [-0.1, -0.05) is 18.0 Å². The summed E-state index contributed by atoms with van der Waals surface area (Å²) in [6.45, 7) is 0.856. The van der Waals surface area contributed by atoms with Crippen LogP contribution >= 0.6 is 11.6 Å². The van der Waals surface area contributed by atoms with E-state index >= 15 is 0 Å². The van der Waals surface area contributed by atoms with E-state index < -0.39 is 15.9 Å². The van der Waals surface area contributed by atoms with Crippen LogP contribution in [-0.2, 0) is 14.8 Å². The minimum atomic E-state index is -3.49. The van der Waals surface area contributed by atoms with Gasteiger partial charge in [0.05, 0.1) is 17.7 Å². The number of sulfonamides is 1. The molecule has 0 aliphatic carbocycles. The Balaban J connectivity index is 1.59. The van der Waals surface area contributed by atoms with E-state index in [4.69, 9.17) is 21.1 Å². The average molecular weight is 439 g/mol. The minimum Gasteiger partial charge on any atom is -0.495 e. The van der Waals surface area contributed by atoms with Gasteiger partial charge in [-0.15, -0.1) is 0 Å². The number of methoxy groups -OCH3 is 1. The van der Waals surface area contributed by atoms with Gasteiger partial charge in [0.2, 0.25) is 10.0 Å². The van der Waals surface area contributed by atoms with E-state index in [1.165, 1.54) is 23.5 Å². The van der Waals surface area contributed by atoms with Crippen LogP contribution in [0.5, 0.6) is 11.5 Å². The molecule has 0 bridgehead atoms. The van der Waals surface area contributed by atoms with E-state index in [0.29, 0.717) is 35.3 Å². The molecule has 156 valence electrons. The lowest BCUT2D eigenvalue weighted by molar-refractivity contribution is -0.118. The van der Waals surface area contributed by atoms with Crippen molar-refractivity contribution in [1.82, 2.24) is 4.31 Å². The standard InChI is InChI=1S/C20H23ClN2O5S/c1-27-19-10-5-15(21)13-18(19)22-20(24)14-28-16-6-8-17(9-7-16)29(25,26)23-11-3-2-4-12-23/h5-10,13H,2-4,11-12,14H2,1H3,(H,22,24). The topological polar surface area (TPSA) is 84.9 Å². The summed E-state index contributed by atoms with van der Waals surface area (Å²) in [5.74, 6) is 0.487. The molecule has 9 heteroatoms. The van der Waals surface area contributed by atoms with E-state index in [2.05, 4.69) is 5.32 Å². The largest absolute Gasteiger partial charge is 0.495 e. The molecule has 1 N–H and O–H groups in total. The van der Waals surface area contributed by atoms with Gasteiger partial charge in [-0.2, -0.15) is 4.31 Å². The second-order valence-corrected chi connectivity index (χ2v) is 8.99. The zero-order valence-electron chi connectivity index (χ0n) is 16.1. The Bertz CT molecular complexity index is 957. The molecule has 0 spiro atoms. The lowest BCUT2D eigenvalue weighted by Crippen LogP contribution is -2.35. The van der Waals surface area contributed by atoms with Crippen molar-refractivity contribution in [3.05, 3.63) is 47.5 Å². The van der Waals surface area contributed by atoms with Crippen molar-refractivity contribution in [2.75, 3.05) is 32.1 Å². The number of ether oxygens (including phenoxy) is 2. The van der Waals surface area contributed by atoms with Crippen molar-refractivity contribution in [2.45, 2.75) is 24.2 Å². The molecule has 0 radical (unpaired) electrons. The van der Waals surface area contributed by atoms with Gasteiger partial charge in [-0.3, -0.25) is 4.79 Å². The number of hydrogen-bond donors (Lipinski definition) is 1. The van der Waals surface area contributed by atoms with Crippen LogP contribution in [0.15, 0.2) is 47.4 Å². The number of amides is 1. The molecule has 0 atom stereocenters. The summed E-state index contributed by atoms with van der Waals surface area (Å²) in [6.07, 6.45) is 2.82. The Morgan fingerprint density at radius 3 is 2.45 bits per heavy atom. The number of carbonyl (C=O) groups is 1. The maximum absolute atomic E-state index is 12.7. The molecule has 2 aromatic carbocycles. The third-order valence-corrected chi connectivity index (χ3v) is 6.73. The quantitative estimate of drug-likeness (QED) is 0.714. The van der Waals surface area contributed by atoms with Gasteiger partial charge in [0.1, 0.15) is 11.5 Å². The van der Waals surface area contributed by atoms with Gasteiger partial charge in [-0.25, -0.2) is 8.42 Å². The highest BCUT2D eigenvalue weighted by molar-refractivity contribution is 7.89. The SMILES string of the molecule is COc1ccc(Cl)cc1NC(=O)COc1ccc(S(=O)(=O)N2CCCCC2)cc1. The normalized spacial score (nSPS) is 15.0. The monoisotopic (exact) mass is 438 g/mol. The Labute approximate surface area is 175 Å². The number of anilines is 1. The molecular formula is C20H23ClN2O5S. The van der Waals surface area contributed by atoms with Crippen molar-refractivity contribution in [3.8, 4) is 11.5 Å². The number of nitrogens with one attached hydrogen (secondary N) is 1. The highest BCUT2D eigenvalue weighted by Crippen LogP contribution is 2.27. The number of rotatable bonds is 7. The van der Waals surface area contributed by atoms with E-state index in [1.807, 2.05) is 0 Å². The first-order valence-corrected chi connectivity index (χ1v) is 11.1. The van der Waals surface area contributed by atoms with Crippen LogP contribution in [0.3, 0.4) is 0 Å². The summed E-state index contributed by atoms with van der Waals surface area (Å²) >= 11 is 5.95. The van der Waals surface area contributed by atoms with Crippen LogP contribution < -0.4 is 14.8 Å². The highest BCUT2D eigenvalue weighted by atomic mass is 35.5. The third-order valence-electron chi connectivity index (χ3n) is 4.58. The Morgan fingerprint density at radius 2 is 1.79 bits per heavy atom. The molecule has 1 aliphatic heterocycles. The molecule has 0 unspecified atom stereocenters. The highest BCUT2D eigenvalue weighted by Gasteiger charge is 2.25. The van der Waals surface area contributed by atoms with E-state index in [0.717, 1.165) is 19.3 Å². The summed E-state index contributed by atoms with van der Waals surface area (Å²) in [4.78, 5) is 12.4. The number of piperidine rings is 1. The van der Waals surface area contributed by atoms with Crippen LogP contribution in [0.25, 0.3) is 0 Å². The molecule has 2 aromatic rings. The second kappa shape index (κ2) is 9.47. The first kappa shape index (κ1) is 21.4. The summed E-state index contributed by atoms with van der Waals surface area (Å²) in [6, 6.07) is 11.0. The number of halogens is 1. The molecule has 1 saturated heterocycles. The Kier molecular flexibility index (Phi) is 7.00. The first-order chi connectivity index (χ1) is 13.9. The fourth-order valence-corrected chi connectivity index (χ4v) is 4.76. The molecule has 1 fully saturated rings. The molecule has 0 saturated carbocycles. The number of nitrogens with zero attached hydrogens (tertiary/aromatic N) is 1. The minimum absolute atomic E-state index is 0.222. The summed E-state index contributed by atoms with van der Waals surface area (Å²) < 4.78 is 37.5. The maximum atomic E-state index is 12.7. The van der Waals surface area contributed by atoms with E-state index in [1.54, 1.807) is 30.3 Å². The zero-order chi connectivity index (χ0) is 20.9. The van der Waals surface area contributed by atoms with Crippen LogP contribution in [0.1, 0.15) is 19.3 Å². The van der Waals surface area contributed by atoms with Crippen LogP contribution in [0.4, 0.5) is 5.69 Å². The number of benzene rings is 2. The maximum Gasteiger partial charge on any atom is 0.262 e. The van der Waals surface area contributed by atoms with Crippen molar-refractivity contribution in [3.63, 3.8) is 0 Å². The molecule has 29 heavy (non-hydrogen) atoms. The third kappa shape index (κ3) is 5.41. The lowest BCUT2D eigenvalue weighted by atomic mass is 10.2. The van der Waals surface area contributed by atoms with Crippen molar-refractivity contribution in [1.29, 1.82) is 0 Å². The molecule has 1 heterocycles. The predicted molar refractivity (Wildman–Crippen MR) is 111 cm³/mol. The number of hydrogen-bond acceptors (Lipinski definition) is 5. The summed E-state index contributed by atoms with van der Waals surface area (Å²) in [5.41, 5.74) is 0.441. The molecule has 3 rings (SSSR count). The predicted octanol–water partition coefficient (Wildman–Crippen LogP) is 3.54. The van der Waals surface area contributed by atoms with E-state index in [9.17, 15) is 13.2 Å². The summed E-state index contributed by atoms with van der Waals surface area (Å²) in [5, 5.41) is 3.14. The molecular weight excluding hydrogens is 416 g/mol. The van der Waals surface area contributed by atoms with Crippen molar-refractivity contribution in [2.24, 2.45) is 0 Å². The van der Waals surface area contributed by atoms with Gasteiger partial charge in [0.15, 0.2) is 6.61 Å². The van der Waals surface area contributed by atoms with Gasteiger partial charge < -0.3 is 14.8 Å². The van der Waals surface area contributed by atoms with E-state index in [-0.39, 0.29) is 11.5 Å². The molecule has 1 amide bonds. The molecule has 1 aliphatic rings. The molecule has 7 nitrogen and oxygen atoms in total. The second-order valence-electron chi connectivity index (χ2n) is 6.62. The smallest absolute Gasteiger partial charge is 0.262 e. The molecule has 0 aromatic heterocycles. The lowest BCUT2D eigenvalue weighted by Gasteiger charge is -2.25. The Morgan fingerprint density at radius 1 is 1.10 bits per heavy atom. The average Bonchev–Trinajstić information content (AvgIpc) is 2.73. The van der Waals surface area contributed by atoms with Crippen LogP contribution in [-0.4, -0.2) is 45.4 Å². The van der Waals surface area contributed by atoms with Gasteiger partial charge in [0.25, 0.3) is 5.91 Å². The summed E-state index contributed by atoms with van der Waals surface area (Å²) in [7, 11) is -2.00. The van der Waals surface area contributed by atoms with Gasteiger partial charge >= 0.3 is 0 Å².